The molecule has 2 amide bonds. The minimum atomic E-state index is -0.377. The van der Waals surface area contributed by atoms with E-state index in [2.05, 4.69) is 26.0 Å². The molecule has 0 fully saturated rings. The minimum absolute atomic E-state index is 0.125. The molecule has 16 heavy (non-hydrogen) atoms. The van der Waals surface area contributed by atoms with Crippen molar-refractivity contribution in [2.24, 2.45) is 10.9 Å². The van der Waals surface area contributed by atoms with Crippen LogP contribution in [0.4, 0.5) is 10.6 Å². The lowest BCUT2D eigenvalue weighted by molar-refractivity contribution is 0.252. The number of nitrogens with one attached hydrogen (secondary N) is 3. The summed E-state index contributed by atoms with van der Waals surface area (Å²) in [6.45, 7) is 2.51. The van der Waals surface area contributed by atoms with Crippen LogP contribution >= 0.6 is 0 Å². The van der Waals surface area contributed by atoms with Crippen LogP contribution in [0.25, 0.3) is 0 Å². The number of aromatic amines is 1. The third-order valence-electron chi connectivity index (χ3n) is 1.80. The van der Waals surface area contributed by atoms with E-state index in [4.69, 9.17) is 10.9 Å². The van der Waals surface area contributed by atoms with E-state index in [1.807, 2.05) is 6.92 Å². The molecular formula is C8H14N6O2. The van der Waals surface area contributed by atoms with Gasteiger partial charge in [-0.3, -0.25) is 10.4 Å². The molecule has 88 valence electrons. The standard InChI is InChI=1S/C8H14N6O2/c1-2-3-10-8(15)12-7-5(4-11-13-7)6(9)14-16/h4,16H,2-3H2,1H3,(H2,9,14)(H3,10,11,12,13,15). The van der Waals surface area contributed by atoms with Gasteiger partial charge in [0.25, 0.3) is 0 Å². The number of amides is 2. The average molecular weight is 226 g/mol. The van der Waals surface area contributed by atoms with E-state index in [9.17, 15) is 4.79 Å². The first kappa shape index (κ1) is 11.8. The molecular weight excluding hydrogens is 212 g/mol. The van der Waals surface area contributed by atoms with Crippen LogP contribution in [0.3, 0.4) is 0 Å². The maximum Gasteiger partial charge on any atom is 0.320 e. The summed E-state index contributed by atoms with van der Waals surface area (Å²) in [7, 11) is 0. The Kier molecular flexibility index (Phi) is 4.13. The summed E-state index contributed by atoms with van der Waals surface area (Å²) in [5.41, 5.74) is 5.71. The lowest BCUT2D eigenvalue weighted by Gasteiger charge is -2.05. The number of hydrogen-bond acceptors (Lipinski definition) is 4. The number of aromatic nitrogens is 2. The second kappa shape index (κ2) is 5.59. The quantitative estimate of drug-likeness (QED) is 0.215. The Morgan fingerprint density at radius 2 is 2.50 bits per heavy atom. The molecule has 0 spiro atoms. The summed E-state index contributed by atoms with van der Waals surface area (Å²) in [6, 6.07) is -0.377. The third kappa shape index (κ3) is 2.87. The number of anilines is 1. The van der Waals surface area contributed by atoms with Crippen LogP contribution < -0.4 is 16.4 Å². The van der Waals surface area contributed by atoms with Crippen LogP contribution in [0, 0.1) is 0 Å². The van der Waals surface area contributed by atoms with E-state index in [-0.39, 0.29) is 17.7 Å². The number of H-pyrrole nitrogens is 1. The maximum atomic E-state index is 11.3. The first-order valence-corrected chi connectivity index (χ1v) is 4.75. The van der Waals surface area contributed by atoms with Crippen LogP contribution in [0.2, 0.25) is 0 Å². The van der Waals surface area contributed by atoms with E-state index >= 15 is 0 Å². The van der Waals surface area contributed by atoms with Gasteiger partial charge < -0.3 is 16.3 Å². The highest BCUT2D eigenvalue weighted by Gasteiger charge is 2.11. The van der Waals surface area contributed by atoms with Gasteiger partial charge in [0, 0.05) is 6.54 Å². The van der Waals surface area contributed by atoms with E-state index in [0.29, 0.717) is 12.1 Å². The van der Waals surface area contributed by atoms with Gasteiger partial charge in [0.05, 0.1) is 11.8 Å². The summed E-state index contributed by atoms with van der Waals surface area (Å²) < 4.78 is 0. The number of urea groups is 1. The molecule has 1 aromatic heterocycles. The van der Waals surface area contributed by atoms with Crippen molar-refractivity contribution in [3.8, 4) is 0 Å². The van der Waals surface area contributed by atoms with Crippen molar-refractivity contribution in [1.82, 2.24) is 15.5 Å². The molecule has 1 heterocycles. The molecule has 8 nitrogen and oxygen atoms in total. The van der Waals surface area contributed by atoms with Gasteiger partial charge in [-0.1, -0.05) is 12.1 Å². The van der Waals surface area contributed by atoms with Crippen molar-refractivity contribution >= 4 is 17.7 Å². The molecule has 0 unspecified atom stereocenters. The molecule has 1 aromatic rings. The lowest BCUT2D eigenvalue weighted by atomic mass is 10.3. The van der Waals surface area contributed by atoms with Gasteiger partial charge in [0.15, 0.2) is 5.84 Å². The zero-order valence-electron chi connectivity index (χ0n) is 8.82. The van der Waals surface area contributed by atoms with E-state index < -0.39 is 0 Å². The first-order valence-electron chi connectivity index (χ1n) is 4.75. The second-order valence-corrected chi connectivity index (χ2v) is 3.02. The van der Waals surface area contributed by atoms with Crippen LogP contribution in [0.5, 0.6) is 0 Å². The fraction of sp³-hybridized carbons (Fsp3) is 0.375. The largest absolute Gasteiger partial charge is 0.409 e. The second-order valence-electron chi connectivity index (χ2n) is 3.02. The summed E-state index contributed by atoms with van der Waals surface area (Å²) in [5.74, 6) is 0.156. The smallest absolute Gasteiger partial charge is 0.320 e. The number of nitrogens with zero attached hydrogens (tertiary/aromatic N) is 2. The van der Waals surface area contributed by atoms with Crippen molar-refractivity contribution in [2.75, 3.05) is 11.9 Å². The molecule has 0 atom stereocenters. The predicted molar refractivity (Wildman–Crippen MR) is 58.4 cm³/mol. The molecule has 0 aliphatic heterocycles. The molecule has 0 bridgehead atoms. The number of carbonyl (C=O) groups excluding carboxylic acids is 1. The number of rotatable bonds is 4. The fourth-order valence-electron chi connectivity index (χ4n) is 1.03. The maximum absolute atomic E-state index is 11.3. The molecule has 1 rings (SSSR count). The van der Waals surface area contributed by atoms with Crippen molar-refractivity contribution in [3.05, 3.63) is 11.8 Å². The molecule has 0 aliphatic carbocycles. The van der Waals surface area contributed by atoms with Gasteiger partial charge in [-0.15, -0.1) is 0 Å². The van der Waals surface area contributed by atoms with Crippen molar-refractivity contribution in [3.63, 3.8) is 0 Å². The lowest BCUT2D eigenvalue weighted by Crippen LogP contribution is -2.30. The minimum Gasteiger partial charge on any atom is -0.409 e. The Morgan fingerprint density at radius 1 is 1.75 bits per heavy atom. The summed E-state index contributed by atoms with van der Waals surface area (Å²) in [6.07, 6.45) is 2.19. The number of oxime groups is 1. The SMILES string of the molecule is CCCNC(=O)Nc1[nH]ncc1C(N)=NO. The zero-order chi connectivity index (χ0) is 12.0. The molecule has 0 saturated heterocycles. The highest BCUT2D eigenvalue weighted by atomic mass is 16.4. The first-order chi connectivity index (χ1) is 7.69. The van der Waals surface area contributed by atoms with Crippen molar-refractivity contribution in [1.29, 1.82) is 0 Å². The Balaban J connectivity index is 2.67. The Bertz CT molecular complexity index is 386. The Hall–Kier alpha value is -2.25. The van der Waals surface area contributed by atoms with Gasteiger partial charge in [0.1, 0.15) is 5.82 Å². The summed E-state index contributed by atoms with van der Waals surface area (Å²) in [5, 5.41) is 22.7. The molecule has 6 N–H and O–H groups in total. The van der Waals surface area contributed by atoms with Crippen LogP contribution in [0.1, 0.15) is 18.9 Å². The number of carbonyl (C=O) groups is 1. The van der Waals surface area contributed by atoms with Crippen LogP contribution in [0.15, 0.2) is 11.4 Å². The summed E-state index contributed by atoms with van der Waals surface area (Å²) in [4.78, 5) is 11.3. The topological polar surface area (TPSA) is 128 Å². The number of hydrogen-bond donors (Lipinski definition) is 5. The van der Waals surface area contributed by atoms with E-state index in [1.165, 1.54) is 6.20 Å². The molecule has 0 radical (unpaired) electrons. The van der Waals surface area contributed by atoms with Gasteiger partial charge in [-0.25, -0.2) is 4.79 Å². The average Bonchev–Trinajstić information content (AvgIpc) is 2.73. The molecule has 8 heteroatoms. The van der Waals surface area contributed by atoms with Gasteiger partial charge in [0.2, 0.25) is 0 Å². The zero-order valence-corrected chi connectivity index (χ0v) is 8.82. The van der Waals surface area contributed by atoms with Gasteiger partial charge >= 0.3 is 6.03 Å². The third-order valence-corrected chi connectivity index (χ3v) is 1.80. The predicted octanol–water partition coefficient (Wildman–Crippen LogP) is 0.0357. The molecule has 0 saturated carbocycles. The van der Waals surface area contributed by atoms with Gasteiger partial charge in [-0.05, 0) is 6.42 Å². The van der Waals surface area contributed by atoms with Crippen LogP contribution in [-0.2, 0) is 0 Å². The number of nitrogens with two attached hydrogens (primary N) is 1. The van der Waals surface area contributed by atoms with Gasteiger partial charge in [-0.2, -0.15) is 5.10 Å². The number of amidine groups is 1. The summed E-state index contributed by atoms with van der Waals surface area (Å²) >= 11 is 0. The fourth-order valence-corrected chi connectivity index (χ4v) is 1.03. The Labute approximate surface area is 91.9 Å². The van der Waals surface area contributed by atoms with Crippen molar-refractivity contribution in [2.45, 2.75) is 13.3 Å². The Morgan fingerprint density at radius 3 is 3.12 bits per heavy atom. The van der Waals surface area contributed by atoms with Crippen molar-refractivity contribution < 1.29 is 10.0 Å². The highest BCUT2D eigenvalue weighted by molar-refractivity contribution is 6.04. The van der Waals surface area contributed by atoms with E-state index in [0.717, 1.165) is 6.42 Å². The highest BCUT2D eigenvalue weighted by Crippen LogP contribution is 2.09. The molecule has 0 aliphatic rings. The normalized spacial score (nSPS) is 11.2. The monoisotopic (exact) mass is 226 g/mol. The van der Waals surface area contributed by atoms with Crippen LogP contribution in [-0.4, -0.2) is 33.8 Å². The molecule has 0 aromatic carbocycles. The van der Waals surface area contributed by atoms with E-state index in [1.54, 1.807) is 0 Å².